The van der Waals surface area contributed by atoms with Crippen molar-refractivity contribution < 1.29 is 5.11 Å². The van der Waals surface area contributed by atoms with E-state index in [1.807, 2.05) is 17.5 Å². The van der Waals surface area contributed by atoms with Gasteiger partial charge in [0.15, 0.2) is 0 Å². The van der Waals surface area contributed by atoms with Gasteiger partial charge in [-0.3, -0.25) is 9.69 Å². The Hall–Kier alpha value is -1.80. The Labute approximate surface area is 184 Å². The predicted molar refractivity (Wildman–Crippen MR) is 122 cm³/mol. The van der Waals surface area contributed by atoms with Gasteiger partial charge in [-0.15, -0.1) is 22.7 Å². The molecule has 0 aromatic carbocycles. The lowest BCUT2D eigenvalue weighted by Gasteiger charge is -2.52. The molecule has 5 heterocycles. The lowest BCUT2D eigenvalue weighted by atomic mass is 9.75. The highest BCUT2D eigenvalue weighted by Gasteiger charge is 2.45. The van der Waals surface area contributed by atoms with E-state index in [0.717, 1.165) is 30.0 Å². The summed E-state index contributed by atoms with van der Waals surface area (Å²) in [6.07, 6.45) is 4.84. The molecule has 0 unspecified atom stereocenters. The zero-order valence-corrected chi connectivity index (χ0v) is 18.8. The number of hydrogen-bond donors (Lipinski definition) is 1. The summed E-state index contributed by atoms with van der Waals surface area (Å²) in [5, 5.41) is 20.4. The first-order chi connectivity index (χ1) is 14.5. The maximum Gasteiger partial charge on any atom is 0.266 e. The van der Waals surface area contributed by atoms with Gasteiger partial charge >= 0.3 is 0 Å². The number of fused-ring (bicyclic) bond motifs is 2. The smallest absolute Gasteiger partial charge is 0.266 e. The van der Waals surface area contributed by atoms with E-state index in [-0.39, 0.29) is 12.1 Å². The molecule has 5 rings (SSSR count). The van der Waals surface area contributed by atoms with Crippen molar-refractivity contribution in [3.63, 3.8) is 0 Å². The molecule has 2 aliphatic rings. The van der Waals surface area contributed by atoms with Crippen LogP contribution in [0.1, 0.15) is 42.5 Å². The Morgan fingerprint density at radius 1 is 1.20 bits per heavy atom. The largest absolute Gasteiger partial charge is 0.388 e. The van der Waals surface area contributed by atoms with Crippen molar-refractivity contribution in [2.24, 2.45) is 0 Å². The van der Waals surface area contributed by atoms with Crippen molar-refractivity contribution in [1.82, 2.24) is 14.7 Å². The van der Waals surface area contributed by atoms with Crippen molar-refractivity contribution in [1.29, 1.82) is 0 Å². The number of piperidine rings is 2. The minimum absolute atomic E-state index is 0.148. The van der Waals surface area contributed by atoms with Gasteiger partial charge in [0.2, 0.25) is 0 Å². The van der Waals surface area contributed by atoms with E-state index in [1.54, 1.807) is 34.8 Å². The van der Waals surface area contributed by atoms with Crippen LogP contribution in [0.3, 0.4) is 0 Å². The molecular formula is C23H27N3O2S2. The third kappa shape index (κ3) is 4.04. The number of aliphatic hydroxyl groups is 1. The SMILES string of the molecule is Cc1cc(CN2[C@H]3CCC[C@H]2CC(O)(Cn2nc(-c4cccs4)ccc2=O)C3)cs1. The Bertz CT molecular complexity index is 1060. The number of hydrogen-bond acceptors (Lipinski definition) is 6. The average Bonchev–Trinajstić information content (AvgIpc) is 3.37. The first kappa shape index (κ1) is 20.1. The first-order valence-electron chi connectivity index (χ1n) is 10.6. The molecule has 0 radical (unpaired) electrons. The second-order valence-electron chi connectivity index (χ2n) is 8.80. The minimum atomic E-state index is -0.887. The van der Waals surface area contributed by atoms with Crippen LogP contribution in [0.4, 0.5) is 0 Å². The van der Waals surface area contributed by atoms with Crippen molar-refractivity contribution in [2.75, 3.05) is 0 Å². The highest BCUT2D eigenvalue weighted by Crippen LogP contribution is 2.41. The summed E-state index contributed by atoms with van der Waals surface area (Å²) in [5.74, 6) is 0. The van der Waals surface area contributed by atoms with Crippen molar-refractivity contribution in [3.05, 3.63) is 61.9 Å². The van der Waals surface area contributed by atoms with Gasteiger partial charge in [0, 0.05) is 29.6 Å². The van der Waals surface area contributed by atoms with E-state index in [2.05, 4.69) is 28.4 Å². The molecule has 30 heavy (non-hydrogen) atoms. The molecule has 1 N–H and O–H groups in total. The third-order valence-corrected chi connectivity index (χ3v) is 8.28. The molecule has 5 nitrogen and oxygen atoms in total. The summed E-state index contributed by atoms with van der Waals surface area (Å²) in [6.45, 7) is 3.38. The minimum Gasteiger partial charge on any atom is -0.388 e. The van der Waals surface area contributed by atoms with Crippen LogP contribution in [0.5, 0.6) is 0 Å². The molecule has 0 aliphatic carbocycles. The fourth-order valence-corrected chi connectivity index (χ4v) is 6.58. The van der Waals surface area contributed by atoms with Gasteiger partial charge in [0.1, 0.15) is 5.69 Å². The van der Waals surface area contributed by atoms with Crippen molar-refractivity contribution >= 4 is 22.7 Å². The van der Waals surface area contributed by atoms with Gasteiger partial charge in [0.05, 0.1) is 17.0 Å². The van der Waals surface area contributed by atoms with E-state index >= 15 is 0 Å². The second-order valence-corrected chi connectivity index (χ2v) is 10.9. The molecule has 2 fully saturated rings. The zero-order chi connectivity index (χ0) is 20.7. The van der Waals surface area contributed by atoms with Gasteiger partial charge in [-0.25, -0.2) is 4.68 Å². The molecular weight excluding hydrogens is 414 g/mol. The first-order valence-corrected chi connectivity index (χ1v) is 12.4. The number of aryl methyl sites for hydroxylation is 1. The Balaban J connectivity index is 1.36. The van der Waals surface area contributed by atoms with Crippen LogP contribution >= 0.6 is 22.7 Å². The molecule has 0 spiro atoms. The van der Waals surface area contributed by atoms with Crippen molar-refractivity contribution in [2.45, 2.75) is 69.8 Å². The van der Waals surface area contributed by atoms with Gasteiger partial charge < -0.3 is 5.11 Å². The lowest BCUT2D eigenvalue weighted by Crippen LogP contribution is -2.59. The van der Waals surface area contributed by atoms with Crippen LogP contribution in [0.2, 0.25) is 0 Å². The summed E-state index contributed by atoms with van der Waals surface area (Å²) < 4.78 is 1.47. The van der Waals surface area contributed by atoms with Crippen molar-refractivity contribution in [3.8, 4) is 10.6 Å². The van der Waals surface area contributed by atoms with Crippen LogP contribution in [0.25, 0.3) is 10.6 Å². The molecule has 158 valence electrons. The fourth-order valence-electron chi connectivity index (χ4n) is 5.19. The quantitative estimate of drug-likeness (QED) is 0.642. The predicted octanol–water partition coefficient (Wildman–Crippen LogP) is 4.29. The van der Waals surface area contributed by atoms with Crippen LogP contribution in [-0.4, -0.2) is 37.5 Å². The molecule has 0 saturated carbocycles. The number of aromatic nitrogens is 2. The van der Waals surface area contributed by atoms with Gasteiger partial charge in [-0.1, -0.05) is 12.5 Å². The summed E-state index contributed by atoms with van der Waals surface area (Å²) in [4.78, 5) is 17.5. The Morgan fingerprint density at radius 2 is 2.00 bits per heavy atom. The van der Waals surface area contributed by atoms with Crippen LogP contribution < -0.4 is 5.56 Å². The summed E-state index contributed by atoms with van der Waals surface area (Å²) in [5.41, 5.74) is 1.13. The van der Waals surface area contributed by atoms with Crippen LogP contribution in [0.15, 0.2) is 45.9 Å². The fraction of sp³-hybridized carbons (Fsp3) is 0.478. The Kier molecular flexibility index (Phi) is 5.39. The van der Waals surface area contributed by atoms with E-state index in [9.17, 15) is 9.90 Å². The van der Waals surface area contributed by atoms with E-state index in [0.29, 0.717) is 24.9 Å². The molecule has 3 aromatic rings. The average molecular weight is 442 g/mol. The molecule has 3 aromatic heterocycles. The third-order valence-electron chi connectivity index (χ3n) is 6.48. The van der Waals surface area contributed by atoms with E-state index in [1.165, 1.54) is 21.5 Å². The molecule has 2 atom stereocenters. The maximum atomic E-state index is 12.5. The summed E-state index contributed by atoms with van der Waals surface area (Å²) >= 11 is 3.41. The molecule has 7 heteroatoms. The van der Waals surface area contributed by atoms with Crippen LogP contribution in [0, 0.1) is 6.92 Å². The maximum absolute atomic E-state index is 12.5. The van der Waals surface area contributed by atoms with Gasteiger partial charge in [-0.05, 0) is 67.1 Å². The van der Waals surface area contributed by atoms with E-state index < -0.39 is 5.60 Å². The Morgan fingerprint density at radius 3 is 2.67 bits per heavy atom. The van der Waals surface area contributed by atoms with Crippen LogP contribution in [-0.2, 0) is 13.1 Å². The highest BCUT2D eigenvalue weighted by molar-refractivity contribution is 7.13. The second kappa shape index (κ2) is 8.04. The number of thiophene rings is 2. The summed E-state index contributed by atoms with van der Waals surface area (Å²) in [7, 11) is 0. The normalized spacial score (nSPS) is 26.7. The number of rotatable bonds is 5. The molecule has 0 amide bonds. The molecule has 2 saturated heterocycles. The lowest BCUT2D eigenvalue weighted by molar-refractivity contribution is -0.105. The summed E-state index contributed by atoms with van der Waals surface area (Å²) in [6, 6.07) is 10.3. The van der Waals surface area contributed by atoms with Gasteiger partial charge in [0.25, 0.3) is 5.56 Å². The molecule has 2 aliphatic heterocycles. The molecule has 2 bridgehead atoms. The monoisotopic (exact) mass is 441 g/mol. The topological polar surface area (TPSA) is 58.4 Å². The zero-order valence-electron chi connectivity index (χ0n) is 17.2. The van der Waals surface area contributed by atoms with E-state index in [4.69, 9.17) is 0 Å². The highest BCUT2D eigenvalue weighted by atomic mass is 32.1. The van der Waals surface area contributed by atoms with Gasteiger partial charge in [-0.2, -0.15) is 5.10 Å². The standard InChI is InChI=1S/C23H27N3O2S2/c1-16-10-17(14-30-16)13-25-18-4-2-5-19(25)12-23(28,11-18)15-26-22(27)8-7-20(24-26)21-6-3-9-29-21/h3,6-10,14,18-19,28H,2,4-5,11-13,15H2,1H3/t18-,19-/m0/s1. The number of nitrogens with zero attached hydrogens (tertiary/aromatic N) is 3.